The van der Waals surface area contributed by atoms with E-state index in [9.17, 15) is 9.59 Å². The van der Waals surface area contributed by atoms with Crippen molar-refractivity contribution < 1.29 is 14.3 Å². The maximum Gasteiger partial charge on any atom is 0.286 e. The number of morpholine rings is 1. The molecule has 0 radical (unpaired) electrons. The molecule has 2 amide bonds. The Kier molecular flexibility index (Phi) is 4.63. The summed E-state index contributed by atoms with van der Waals surface area (Å²) in [5.74, 6) is -0.386. The normalized spacial score (nSPS) is 14.6. The highest BCUT2D eigenvalue weighted by molar-refractivity contribution is 7.13. The highest BCUT2D eigenvalue weighted by atomic mass is 32.1. The largest absolute Gasteiger partial charge is 0.378 e. The van der Waals surface area contributed by atoms with Gasteiger partial charge in [0, 0.05) is 24.3 Å². The van der Waals surface area contributed by atoms with Gasteiger partial charge in [-0.25, -0.2) is 0 Å². The number of ether oxygens (including phenoxy) is 1. The lowest BCUT2D eigenvalue weighted by Gasteiger charge is -2.27. The molecule has 1 aromatic carbocycles. The van der Waals surface area contributed by atoms with Gasteiger partial charge >= 0.3 is 0 Å². The molecule has 0 spiro atoms. The molecule has 2 aromatic rings. The van der Waals surface area contributed by atoms with Crippen LogP contribution >= 0.6 is 11.3 Å². The molecule has 1 aliphatic heterocycles. The number of benzene rings is 1. The summed E-state index contributed by atoms with van der Waals surface area (Å²) in [7, 11) is 0. The quantitative estimate of drug-likeness (QED) is 0.922. The van der Waals surface area contributed by atoms with Crippen LogP contribution in [0.1, 0.15) is 25.2 Å². The molecular weight excluding hydrogens is 316 g/mol. The number of carbonyl (C=O) groups is 2. The minimum absolute atomic E-state index is 0.0591. The Bertz CT molecular complexity index is 725. The molecule has 1 aliphatic rings. The molecule has 0 atom stereocenters. The predicted molar refractivity (Wildman–Crippen MR) is 85.8 cm³/mol. The zero-order chi connectivity index (χ0) is 16.2. The Morgan fingerprint density at radius 1 is 1.26 bits per heavy atom. The van der Waals surface area contributed by atoms with E-state index < -0.39 is 0 Å². The van der Waals surface area contributed by atoms with Crippen LogP contribution in [0.4, 0.5) is 5.69 Å². The third-order valence-electron chi connectivity index (χ3n) is 3.39. The second-order valence-electron chi connectivity index (χ2n) is 5.07. The summed E-state index contributed by atoms with van der Waals surface area (Å²) in [5.41, 5.74) is 1.10. The Hall–Kier alpha value is -2.32. The van der Waals surface area contributed by atoms with Gasteiger partial charge in [-0.3, -0.25) is 9.59 Å². The van der Waals surface area contributed by atoms with Crippen molar-refractivity contribution in [1.29, 1.82) is 0 Å². The number of anilines is 1. The predicted octanol–water partition coefficient (Wildman–Crippen LogP) is 1.57. The van der Waals surface area contributed by atoms with E-state index in [0.717, 1.165) is 5.01 Å². The number of nitrogens with one attached hydrogen (secondary N) is 1. The lowest BCUT2D eigenvalue weighted by Crippen LogP contribution is -2.40. The fraction of sp³-hybridized carbons (Fsp3) is 0.333. The molecular formula is C15H16N4O3S. The monoisotopic (exact) mass is 332 g/mol. The van der Waals surface area contributed by atoms with Crippen molar-refractivity contribution in [2.75, 3.05) is 31.6 Å². The van der Waals surface area contributed by atoms with Gasteiger partial charge < -0.3 is 15.0 Å². The smallest absolute Gasteiger partial charge is 0.286 e. The van der Waals surface area contributed by atoms with E-state index in [1.165, 1.54) is 11.3 Å². The van der Waals surface area contributed by atoms with Crippen molar-refractivity contribution in [2.24, 2.45) is 0 Å². The first-order chi connectivity index (χ1) is 11.1. The van der Waals surface area contributed by atoms with Crippen LogP contribution in [0.5, 0.6) is 0 Å². The maximum absolute atomic E-state index is 12.4. The fourth-order valence-electron chi connectivity index (χ4n) is 2.25. The van der Waals surface area contributed by atoms with Crippen molar-refractivity contribution in [2.45, 2.75) is 6.92 Å². The molecule has 0 bridgehead atoms. The minimum Gasteiger partial charge on any atom is -0.378 e. The van der Waals surface area contributed by atoms with Crippen LogP contribution in [0.3, 0.4) is 0 Å². The molecule has 1 fully saturated rings. The molecule has 8 heteroatoms. The lowest BCUT2D eigenvalue weighted by atomic mass is 10.1. The molecule has 0 unspecified atom stereocenters. The Morgan fingerprint density at radius 2 is 2.04 bits per heavy atom. The van der Waals surface area contributed by atoms with E-state index in [1.807, 2.05) is 0 Å². The van der Waals surface area contributed by atoms with E-state index in [0.29, 0.717) is 42.6 Å². The average molecular weight is 332 g/mol. The number of aromatic nitrogens is 2. The number of hydrogen-bond donors (Lipinski definition) is 1. The Labute approximate surface area is 137 Å². The molecule has 1 N–H and O–H groups in total. The van der Waals surface area contributed by atoms with Crippen molar-refractivity contribution in [3.8, 4) is 0 Å². The highest BCUT2D eigenvalue weighted by Crippen LogP contribution is 2.16. The molecule has 3 rings (SSSR count). The molecule has 7 nitrogen and oxygen atoms in total. The second-order valence-corrected chi connectivity index (χ2v) is 6.25. The number of carbonyl (C=O) groups excluding carboxylic acids is 2. The number of aryl methyl sites for hydroxylation is 1. The molecule has 1 saturated heterocycles. The van der Waals surface area contributed by atoms with Gasteiger partial charge in [0.2, 0.25) is 5.01 Å². The summed E-state index contributed by atoms with van der Waals surface area (Å²) in [6.45, 7) is 4.06. The number of amides is 2. The van der Waals surface area contributed by atoms with Crippen LogP contribution in [0, 0.1) is 6.92 Å². The number of nitrogens with zero attached hydrogens (tertiary/aromatic N) is 3. The Balaban J connectivity index is 1.71. The first-order valence-corrected chi connectivity index (χ1v) is 8.03. The molecule has 1 aromatic heterocycles. The van der Waals surface area contributed by atoms with Gasteiger partial charge in [0.05, 0.1) is 13.2 Å². The summed E-state index contributed by atoms with van der Waals surface area (Å²) < 4.78 is 5.25. The van der Waals surface area contributed by atoms with Gasteiger partial charge in [0.15, 0.2) is 0 Å². The molecule has 2 heterocycles. The van der Waals surface area contributed by atoms with Crippen LogP contribution in [-0.4, -0.2) is 53.2 Å². The average Bonchev–Trinajstić information content (AvgIpc) is 3.02. The third kappa shape index (κ3) is 3.72. The summed E-state index contributed by atoms with van der Waals surface area (Å²) in [4.78, 5) is 26.3. The molecule has 0 saturated carbocycles. The van der Waals surface area contributed by atoms with Gasteiger partial charge in [-0.2, -0.15) is 0 Å². The van der Waals surface area contributed by atoms with Crippen molar-refractivity contribution in [3.63, 3.8) is 0 Å². The van der Waals surface area contributed by atoms with Crippen LogP contribution in [0.25, 0.3) is 0 Å². The number of hydrogen-bond acceptors (Lipinski definition) is 6. The first-order valence-electron chi connectivity index (χ1n) is 7.22. The van der Waals surface area contributed by atoms with Gasteiger partial charge in [-0.15, -0.1) is 10.2 Å². The zero-order valence-electron chi connectivity index (χ0n) is 12.6. The summed E-state index contributed by atoms with van der Waals surface area (Å²) in [6.07, 6.45) is 0. The lowest BCUT2D eigenvalue weighted by molar-refractivity contribution is 0.0303. The van der Waals surface area contributed by atoms with Gasteiger partial charge in [0.25, 0.3) is 11.8 Å². The summed E-state index contributed by atoms with van der Waals surface area (Å²) in [5, 5.41) is 11.4. The fourth-order valence-corrected chi connectivity index (χ4v) is 2.84. The number of rotatable bonds is 3. The van der Waals surface area contributed by atoms with Gasteiger partial charge in [0.1, 0.15) is 5.01 Å². The minimum atomic E-state index is -0.327. The Morgan fingerprint density at radius 3 is 2.74 bits per heavy atom. The third-order valence-corrected chi connectivity index (χ3v) is 4.22. The van der Waals surface area contributed by atoms with Crippen molar-refractivity contribution >= 4 is 28.8 Å². The SMILES string of the molecule is Cc1nnc(C(=O)Nc2cccc(C(=O)N3CCOCC3)c2)s1. The van der Waals surface area contributed by atoms with E-state index in [1.54, 1.807) is 36.1 Å². The van der Waals surface area contributed by atoms with Crippen molar-refractivity contribution in [1.82, 2.24) is 15.1 Å². The molecule has 23 heavy (non-hydrogen) atoms. The molecule has 0 aliphatic carbocycles. The van der Waals surface area contributed by atoms with Crippen molar-refractivity contribution in [3.05, 3.63) is 39.8 Å². The second kappa shape index (κ2) is 6.84. The topological polar surface area (TPSA) is 84.4 Å². The van der Waals surface area contributed by atoms with Gasteiger partial charge in [-0.1, -0.05) is 17.4 Å². The van der Waals surface area contributed by atoms with Crippen LogP contribution in [0.15, 0.2) is 24.3 Å². The zero-order valence-corrected chi connectivity index (χ0v) is 13.4. The first kappa shape index (κ1) is 15.6. The van der Waals surface area contributed by atoms with E-state index in [4.69, 9.17) is 4.74 Å². The van der Waals surface area contributed by atoms with E-state index in [2.05, 4.69) is 15.5 Å². The van der Waals surface area contributed by atoms with Crippen LogP contribution in [0.2, 0.25) is 0 Å². The summed E-state index contributed by atoms with van der Waals surface area (Å²) >= 11 is 1.22. The van der Waals surface area contributed by atoms with Crippen LogP contribution in [-0.2, 0) is 4.74 Å². The van der Waals surface area contributed by atoms with E-state index in [-0.39, 0.29) is 11.8 Å². The van der Waals surface area contributed by atoms with Gasteiger partial charge in [-0.05, 0) is 25.1 Å². The molecule has 120 valence electrons. The highest BCUT2D eigenvalue weighted by Gasteiger charge is 2.19. The summed E-state index contributed by atoms with van der Waals surface area (Å²) in [6, 6.07) is 6.89. The maximum atomic E-state index is 12.4. The standard InChI is InChI=1S/C15H16N4O3S/c1-10-17-18-14(23-10)13(20)16-12-4-2-3-11(9-12)15(21)19-5-7-22-8-6-19/h2-4,9H,5-8H2,1H3,(H,16,20). The van der Waals surface area contributed by atoms with Crippen LogP contribution < -0.4 is 5.32 Å². The van der Waals surface area contributed by atoms with E-state index >= 15 is 0 Å².